The lowest BCUT2D eigenvalue weighted by Crippen LogP contribution is -2.29. The van der Waals surface area contributed by atoms with Crippen LogP contribution in [0.5, 0.6) is 17.2 Å². The quantitative estimate of drug-likeness (QED) is 0.928. The van der Waals surface area contributed by atoms with Crippen LogP contribution in [0.4, 0.5) is 0 Å². The number of carbonyl (C=O) groups is 1. The number of carboxylic acid groups (broad SMARTS) is 1. The van der Waals surface area contributed by atoms with Gasteiger partial charge in [-0.3, -0.25) is 0 Å². The van der Waals surface area contributed by atoms with Crippen molar-refractivity contribution in [2.24, 2.45) is 0 Å². The van der Waals surface area contributed by atoms with E-state index in [1.165, 1.54) is 6.07 Å². The molecule has 0 saturated carbocycles. The maximum atomic E-state index is 10.5. The van der Waals surface area contributed by atoms with Crippen molar-refractivity contribution in [3.05, 3.63) is 16.1 Å². The molecule has 5 nitrogen and oxygen atoms in total. The van der Waals surface area contributed by atoms with Gasteiger partial charge in [-0.1, -0.05) is 23.2 Å². The van der Waals surface area contributed by atoms with Gasteiger partial charge in [-0.15, -0.1) is 0 Å². The Kier molecular flexibility index (Phi) is 3.21. The molecule has 7 heteroatoms. The molecule has 1 aromatic rings. The third kappa shape index (κ3) is 2.42. The number of fused-ring (bicyclic) bond motifs is 1. The number of ether oxygens (including phenoxy) is 3. The summed E-state index contributed by atoms with van der Waals surface area (Å²) in [5.74, 6) is -1.39. The lowest BCUT2D eigenvalue weighted by Gasteiger charge is -2.16. The molecule has 1 aliphatic rings. The Labute approximate surface area is 113 Å². The molecule has 1 N–H and O–H groups in total. The highest BCUT2D eigenvalue weighted by molar-refractivity contribution is 6.37. The summed E-state index contributed by atoms with van der Waals surface area (Å²) in [4.78, 5) is 10.5. The van der Waals surface area contributed by atoms with E-state index in [0.29, 0.717) is 5.75 Å². The van der Waals surface area contributed by atoms with Gasteiger partial charge in [0.2, 0.25) is 11.5 Å². The summed E-state index contributed by atoms with van der Waals surface area (Å²) in [6.07, 6.45) is 0. The van der Waals surface area contributed by atoms with Crippen LogP contribution < -0.4 is 14.2 Å². The van der Waals surface area contributed by atoms with E-state index in [0.717, 1.165) is 0 Å². The maximum absolute atomic E-state index is 10.5. The number of aliphatic carboxylic acids is 1. The van der Waals surface area contributed by atoms with Gasteiger partial charge in [0, 0.05) is 13.8 Å². The molecule has 2 rings (SSSR count). The minimum Gasteiger partial charge on any atom is -0.479 e. The Morgan fingerprint density at radius 1 is 1.33 bits per heavy atom. The average molecular weight is 293 g/mol. The van der Waals surface area contributed by atoms with Crippen LogP contribution in [0.2, 0.25) is 10.0 Å². The van der Waals surface area contributed by atoms with Crippen molar-refractivity contribution < 1.29 is 24.1 Å². The predicted octanol–water partition coefficient (Wildman–Crippen LogP) is 2.96. The first kappa shape index (κ1) is 13.1. The third-order valence-electron chi connectivity index (χ3n) is 2.14. The van der Waals surface area contributed by atoms with Crippen LogP contribution in [0.1, 0.15) is 13.8 Å². The molecule has 1 aliphatic heterocycles. The van der Waals surface area contributed by atoms with Gasteiger partial charge in [-0.25, -0.2) is 4.79 Å². The van der Waals surface area contributed by atoms with Crippen molar-refractivity contribution in [1.29, 1.82) is 0 Å². The van der Waals surface area contributed by atoms with Gasteiger partial charge in [-0.2, -0.15) is 0 Å². The van der Waals surface area contributed by atoms with Crippen LogP contribution in [0, 0.1) is 0 Å². The highest BCUT2D eigenvalue weighted by Crippen LogP contribution is 2.53. The number of hydrogen-bond acceptors (Lipinski definition) is 4. The van der Waals surface area contributed by atoms with E-state index in [-0.39, 0.29) is 21.5 Å². The topological polar surface area (TPSA) is 65.0 Å². The Morgan fingerprint density at radius 2 is 1.94 bits per heavy atom. The van der Waals surface area contributed by atoms with E-state index in [1.807, 2.05) is 0 Å². The van der Waals surface area contributed by atoms with Crippen molar-refractivity contribution in [3.8, 4) is 17.2 Å². The average Bonchev–Trinajstić information content (AvgIpc) is 2.53. The summed E-state index contributed by atoms with van der Waals surface area (Å²) in [6.45, 7) is 2.86. The highest BCUT2D eigenvalue weighted by atomic mass is 35.5. The van der Waals surface area contributed by atoms with Crippen LogP contribution >= 0.6 is 23.2 Å². The molecule has 1 aromatic carbocycles. The summed E-state index contributed by atoms with van der Waals surface area (Å²) in [5, 5.41) is 9.05. The van der Waals surface area contributed by atoms with Crippen molar-refractivity contribution in [1.82, 2.24) is 0 Å². The molecule has 0 radical (unpaired) electrons. The largest absolute Gasteiger partial charge is 0.479 e. The summed E-state index contributed by atoms with van der Waals surface area (Å²) in [7, 11) is 0. The zero-order chi connectivity index (χ0) is 13.5. The zero-order valence-corrected chi connectivity index (χ0v) is 11.1. The molecule has 0 atom stereocenters. The standard InChI is InChI=1S/C11H10Cl2O5/c1-11(2)17-9-6(13)3-5(12)8(10(9)18-11)16-4-7(14)15/h3H,4H2,1-2H3,(H,14,15). The van der Waals surface area contributed by atoms with Crippen molar-refractivity contribution in [2.75, 3.05) is 6.61 Å². The third-order valence-corrected chi connectivity index (χ3v) is 2.70. The van der Waals surface area contributed by atoms with Crippen LogP contribution in [0.3, 0.4) is 0 Å². The molecule has 0 fully saturated rings. The fourth-order valence-electron chi connectivity index (χ4n) is 1.53. The van der Waals surface area contributed by atoms with E-state index in [4.69, 9.17) is 42.5 Å². The summed E-state index contributed by atoms with van der Waals surface area (Å²) >= 11 is 11.9. The summed E-state index contributed by atoms with van der Waals surface area (Å²) in [5.41, 5.74) is 0. The second kappa shape index (κ2) is 4.40. The van der Waals surface area contributed by atoms with Gasteiger partial charge in [0.15, 0.2) is 18.1 Å². The van der Waals surface area contributed by atoms with Crippen molar-refractivity contribution in [3.63, 3.8) is 0 Å². The SMILES string of the molecule is CC1(C)Oc2c(Cl)cc(Cl)c(OCC(=O)O)c2O1. The molecular formula is C11H10Cl2O5. The van der Waals surface area contributed by atoms with Crippen molar-refractivity contribution in [2.45, 2.75) is 19.6 Å². The predicted molar refractivity (Wildman–Crippen MR) is 64.9 cm³/mol. The Morgan fingerprint density at radius 3 is 2.56 bits per heavy atom. The smallest absolute Gasteiger partial charge is 0.341 e. The lowest BCUT2D eigenvalue weighted by molar-refractivity contribution is -0.139. The second-order valence-corrected chi connectivity index (χ2v) is 4.93. The first-order valence-corrected chi connectivity index (χ1v) is 5.80. The van der Waals surface area contributed by atoms with E-state index >= 15 is 0 Å². The van der Waals surface area contributed by atoms with E-state index in [2.05, 4.69) is 0 Å². The number of halogens is 2. The van der Waals surface area contributed by atoms with Gasteiger partial charge in [0.1, 0.15) is 0 Å². The monoisotopic (exact) mass is 292 g/mol. The normalized spacial score (nSPS) is 15.6. The first-order valence-electron chi connectivity index (χ1n) is 5.05. The number of benzene rings is 1. The molecule has 0 unspecified atom stereocenters. The van der Waals surface area contributed by atoms with Gasteiger partial charge < -0.3 is 19.3 Å². The molecule has 0 saturated heterocycles. The fourth-order valence-corrected chi connectivity index (χ4v) is 2.07. The Bertz CT molecular complexity index is 513. The minimum atomic E-state index is -1.12. The molecule has 18 heavy (non-hydrogen) atoms. The van der Waals surface area contributed by atoms with E-state index in [9.17, 15) is 4.79 Å². The minimum absolute atomic E-state index is 0.115. The molecule has 0 amide bonds. The van der Waals surface area contributed by atoms with E-state index in [1.54, 1.807) is 13.8 Å². The second-order valence-electron chi connectivity index (χ2n) is 4.11. The maximum Gasteiger partial charge on any atom is 0.341 e. The van der Waals surface area contributed by atoms with E-state index < -0.39 is 18.4 Å². The Hall–Kier alpha value is -1.33. The summed E-state index contributed by atoms with van der Waals surface area (Å²) < 4.78 is 16.1. The molecule has 0 spiro atoms. The van der Waals surface area contributed by atoms with Gasteiger partial charge in [0.05, 0.1) is 10.0 Å². The van der Waals surface area contributed by atoms with Crippen LogP contribution in [0.25, 0.3) is 0 Å². The Balaban J connectivity index is 2.42. The van der Waals surface area contributed by atoms with Gasteiger partial charge in [-0.05, 0) is 6.07 Å². The van der Waals surface area contributed by atoms with Crippen LogP contribution in [0.15, 0.2) is 6.07 Å². The number of carboxylic acids is 1. The number of rotatable bonds is 3. The highest BCUT2D eigenvalue weighted by Gasteiger charge is 2.37. The fraction of sp³-hybridized carbons (Fsp3) is 0.364. The lowest BCUT2D eigenvalue weighted by atomic mass is 10.3. The van der Waals surface area contributed by atoms with Gasteiger partial charge in [0.25, 0.3) is 0 Å². The molecule has 0 aromatic heterocycles. The summed E-state index contributed by atoms with van der Waals surface area (Å²) in [6, 6.07) is 1.42. The van der Waals surface area contributed by atoms with Crippen molar-refractivity contribution >= 4 is 29.2 Å². The zero-order valence-electron chi connectivity index (χ0n) is 9.62. The van der Waals surface area contributed by atoms with Crippen LogP contribution in [-0.4, -0.2) is 23.5 Å². The molecular weight excluding hydrogens is 283 g/mol. The molecule has 1 heterocycles. The van der Waals surface area contributed by atoms with Crippen LogP contribution in [-0.2, 0) is 4.79 Å². The number of hydrogen-bond donors (Lipinski definition) is 1. The molecule has 0 bridgehead atoms. The van der Waals surface area contributed by atoms with Gasteiger partial charge >= 0.3 is 5.97 Å². The molecule has 98 valence electrons. The molecule has 0 aliphatic carbocycles. The first-order chi connectivity index (χ1) is 8.30.